The van der Waals surface area contributed by atoms with Crippen molar-refractivity contribution >= 4 is 0 Å². The van der Waals surface area contributed by atoms with Crippen molar-refractivity contribution in [1.29, 1.82) is 0 Å². The number of likely N-dealkylation sites (N-methyl/N-ethyl adjacent to an activating group) is 1. The Bertz CT molecular complexity index is 388. The van der Waals surface area contributed by atoms with Crippen LogP contribution in [0, 0.1) is 16.7 Å². The minimum absolute atomic E-state index is 0.264. The molecule has 3 fully saturated rings. The third-order valence-electron chi connectivity index (χ3n) is 6.66. The first-order valence-corrected chi connectivity index (χ1v) is 9.02. The third-order valence-corrected chi connectivity index (χ3v) is 6.66. The highest BCUT2D eigenvalue weighted by Crippen LogP contribution is 2.63. The predicted octanol–water partition coefficient (Wildman–Crippen LogP) is 1.83. The largest absolute Gasteiger partial charge is 0.389 e. The average Bonchev–Trinajstić information content (AvgIpc) is 2.92. The van der Waals surface area contributed by atoms with Crippen molar-refractivity contribution in [2.24, 2.45) is 16.7 Å². The Kier molecular flexibility index (Phi) is 4.59. The van der Waals surface area contributed by atoms with Gasteiger partial charge in [0.15, 0.2) is 0 Å². The quantitative estimate of drug-likeness (QED) is 0.840. The number of rotatable bonds is 5. The number of hydrogen-bond donors (Lipinski definition) is 1. The Hall–Kier alpha value is -0.160. The van der Waals surface area contributed by atoms with E-state index >= 15 is 0 Å². The second-order valence-electron chi connectivity index (χ2n) is 8.89. The molecule has 0 aromatic carbocycles. The maximum absolute atomic E-state index is 10.4. The lowest BCUT2D eigenvalue weighted by atomic mass is 9.70. The van der Waals surface area contributed by atoms with E-state index in [2.05, 4.69) is 37.6 Å². The minimum atomic E-state index is -0.359. The molecule has 0 radical (unpaired) electrons. The molecule has 4 atom stereocenters. The highest BCUT2D eigenvalue weighted by atomic mass is 16.5. The van der Waals surface area contributed by atoms with Crippen LogP contribution in [0.3, 0.4) is 0 Å². The highest BCUT2D eigenvalue weighted by molar-refractivity contribution is 5.09. The summed E-state index contributed by atoms with van der Waals surface area (Å²) >= 11 is 0. The molecule has 0 unspecified atom stereocenters. The second-order valence-corrected chi connectivity index (χ2v) is 8.89. The summed E-state index contributed by atoms with van der Waals surface area (Å²) in [5.74, 6) is 0.803. The first-order chi connectivity index (χ1) is 10.3. The normalized spacial score (nSPS) is 40.2. The van der Waals surface area contributed by atoms with Crippen molar-refractivity contribution in [1.82, 2.24) is 9.80 Å². The molecule has 1 aliphatic heterocycles. The SMILES string of the molecule is CN1CCN(C[C@H](O)CO[C@@H]2C(C)(C)[C@H]3CC[C@@]2(C)C3)CC1. The van der Waals surface area contributed by atoms with E-state index in [-0.39, 0.29) is 11.5 Å². The Morgan fingerprint density at radius 1 is 1.18 bits per heavy atom. The van der Waals surface area contributed by atoms with Crippen LogP contribution in [0.25, 0.3) is 0 Å². The van der Waals surface area contributed by atoms with Crippen LogP contribution in [0.2, 0.25) is 0 Å². The van der Waals surface area contributed by atoms with E-state index in [0.29, 0.717) is 18.1 Å². The molecule has 0 amide bonds. The molecule has 128 valence electrons. The molecule has 0 spiro atoms. The fourth-order valence-electron chi connectivity index (χ4n) is 5.26. The Labute approximate surface area is 135 Å². The average molecular weight is 310 g/mol. The number of aliphatic hydroxyl groups is 1. The van der Waals surface area contributed by atoms with Gasteiger partial charge in [0.05, 0.1) is 18.8 Å². The fourth-order valence-corrected chi connectivity index (χ4v) is 5.26. The molecule has 0 aromatic rings. The van der Waals surface area contributed by atoms with Crippen LogP contribution in [0.1, 0.15) is 40.0 Å². The van der Waals surface area contributed by atoms with Gasteiger partial charge in [-0.25, -0.2) is 0 Å². The van der Waals surface area contributed by atoms with E-state index in [1.807, 2.05) is 0 Å². The summed E-state index contributed by atoms with van der Waals surface area (Å²) in [5.41, 5.74) is 0.599. The van der Waals surface area contributed by atoms with Gasteiger partial charge in [-0.05, 0) is 43.1 Å². The molecule has 0 aromatic heterocycles. The minimum Gasteiger partial charge on any atom is -0.389 e. The van der Waals surface area contributed by atoms with Crippen LogP contribution < -0.4 is 0 Å². The number of β-amino-alcohol motifs (C(OH)–C–C–N with tert-alkyl or cyclic N) is 1. The molecule has 4 heteroatoms. The van der Waals surface area contributed by atoms with Crippen molar-refractivity contribution in [2.75, 3.05) is 46.4 Å². The number of piperazine rings is 1. The smallest absolute Gasteiger partial charge is 0.0900 e. The summed E-state index contributed by atoms with van der Waals surface area (Å²) in [5, 5.41) is 10.4. The summed E-state index contributed by atoms with van der Waals surface area (Å²) in [4.78, 5) is 4.71. The number of hydrogen-bond acceptors (Lipinski definition) is 4. The molecule has 1 heterocycles. The Balaban J connectivity index is 1.48. The molecule has 22 heavy (non-hydrogen) atoms. The lowest BCUT2D eigenvalue weighted by Gasteiger charge is -2.43. The van der Waals surface area contributed by atoms with E-state index in [9.17, 15) is 5.11 Å². The molecular weight excluding hydrogens is 276 g/mol. The van der Waals surface area contributed by atoms with Crippen molar-refractivity contribution in [3.8, 4) is 0 Å². The zero-order valence-corrected chi connectivity index (χ0v) is 14.8. The van der Waals surface area contributed by atoms with Crippen molar-refractivity contribution < 1.29 is 9.84 Å². The van der Waals surface area contributed by atoms with Crippen LogP contribution >= 0.6 is 0 Å². The van der Waals surface area contributed by atoms with Gasteiger partial charge in [0, 0.05) is 32.7 Å². The van der Waals surface area contributed by atoms with E-state index in [4.69, 9.17) is 4.74 Å². The van der Waals surface area contributed by atoms with Gasteiger partial charge in [0.2, 0.25) is 0 Å². The van der Waals surface area contributed by atoms with E-state index in [1.54, 1.807) is 0 Å². The van der Waals surface area contributed by atoms with Gasteiger partial charge in [0.1, 0.15) is 0 Å². The summed E-state index contributed by atoms with van der Waals surface area (Å²) in [6.07, 6.45) is 3.90. The second kappa shape index (κ2) is 6.04. The Morgan fingerprint density at radius 2 is 1.86 bits per heavy atom. The van der Waals surface area contributed by atoms with Gasteiger partial charge in [-0.15, -0.1) is 0 Å². The zero-order valence-electron chi connectivity index (χ0n) is 14.8. The lowest BCUT2D eigenvalue weighted by Crippen LogP contribution is -2.48. The van der Waals surface area contributed by atoms with Crippen molar-refractivity contribution in [3.05, 3.63) is 0 Å². The lowest BCUT2D eigenvalue weighted by molar-refractivity contribution is -0.114. The number of ether oxygens (including phenoxy) is 1. The van der Waals surface area contributed by atoms with Crippen LogP contribution in [-0.2, 0) is 4.74 Å². The molecule has 2 saturated carbocycles. The van der Waals surface area contributed by atoms with Crippen molar-refractivity contribution in [2.45, 2.75) is 52.2 Å². The molecule has 3 rings (SSSR count). The van der Waals surface area contributed by atoms with Gasteiger partial charge >= 0.3 is 0 Å². The molecule has 2 bridgehead atoms. The maximum Gasteiger partial charge on any atom is 0.0900 e. The summed E-state index contributed by atoms with van der Waals surface area (Å²) in [7, 11) is 2.16. The van der Waals surface area contributed by atoms with Gasteiger partial charge in [0.25, 0.3) is 0 Å². The Morgan fingerprint density at radius 3 is 2.45 bits per heavy atom. The fraction of sp³-hybridized carbons (Fsp3) is 1.00. The maximum atomic E-state index is 10.4. The van der Waals surface area contributed by atoms with Crippen LogP contribution in [-0.4, -0.2) is 73.5 Å². The number of fused-ring (bicyclic) bond motifs is 2. The van der Waals surface area contributed by atoms with E-state index in [1.165, 1.54) is 19.3 Å². The van der Waals surface area contributed by atoms with Crippen LogP contribution in [0.15, 0.2) is 0 Å². The van der Waals surface area contributed by atoms with Gasteiger partial charge in [-0.1, -0.05) is 20.8 Å². The van der Waals surface area contributed by atoms with Crippen LogP contribution in [0.4, 0.5) is 0 Å². The van der Waals surface area contributed by atoms with E-state index in [0.717, 1.165) is 38.6 Å². The number of aliphatic hydroxyl groups excluding tert-OH is 1. The first kappa shape index (κ1) is 16.7. The molecule has 3 aliphatic rings. The molecular formula is C18H34N2O2. The summed E-state index contributed by atoms with van der Waals surface area (Å²) < 4.78 is 6.29. The highest BCUT2D eigenvalue weighted by Gasteiger charge is 2.60. The molecule has 1 saturated heterocycles. The van der Waals surface area contributed by atoms with Gasteiger partial charge in [-0.2, -0.15) is 0 Å². The summed E-state index contributed by atoms with van der Waals surface area (Å²) in [6, 6.07) is 0. The predicted molar refractivity (Wildman–Crippen MR) is 88.9 cm³/mol. The van der Waals surface area contributed by atoms with E-state index < -0.39 is 0 Å². The van der Waals surface area contributed by atoms with Gasteiger partial charge in [-0.3, -0.25) is 4.90 Å². The molecule has 2 aliphatic carbocycles. The van der Waals surface area contributed by atoms with Crippen molar-refractivity contribution in [3.63, 3.8) is 0 Å². The summed E-state index contributed by atoms with van der Waals surface area (Å²) in [6.45, 7) is 12.7. The monoisotopic (exact) mass is 310 g/mol. The first-order valence-electron chi connectivity index (χ1n) is 9.02. The number of nitrogens with zero attached hydrogens (tertiary/aromatic N) is 2. The van der Waals surface area contributed by atoms with Crippen LogP contribution in [0.5, 0.6) is 0 Å². The molecule has 1 N–H and O–H groups in total. The topological polar surface area (TPSA) is 35.9 Å². The third kappa shape index (κ3) is 3.08. The molecule has 4 nitrogen and oxygen atoms in total. The van der Waals surface area contributed by atoms with Gasteiger partial charge < -0.3 is 14.7 Å². The standard InChI is InChI=1S/C18H34N2O2/c1-17(2)14-5-6-18(3,11-14)16(17)22-13-15(21)12-20-9-7-19(4)8-10-20/h14-16,21H,5-13H2,1-4H3/t14-,15-,16+,18-/m0/s1. The zero-order chi connectivity index (χ0) is 16.0.